The van der Waals surface area contributed by atoms with Gasteiger partial charge in [0.05, 0.1) is 6.10 Å². The molecule has 0 radical (unpaired) electrons. The molecule has 1 heterocycles. The molecule has 1 saturated heterocycles. The molecule has 0 aromatic heterocycles. The van der Waals surface area contributed by atoms with Gasteiger partial charge in [0, 0.05) is 19.7 Å². The number of alkyl halides is 2. The highest BCUT2D eigenvalue weighted by atomic mass is 19.3. The van der Waals surface area contributed by atoms with Crippen LogP contribution in [0.4, 0.5) is 8.78 Å². The minimum Gasteiger partial charge on any atom is -0.377 e. The average Bonchev–Trinajstić information content (AvgIpc) is 2.28. The van der Waals surface area contributed by atoms with Crippen molar-refractivity contribution in [3.63, 3.8) is 0 Å². The lowest BCUT2D eigenvalue weighted by Crippen LogP contribution is -2.39. The first-order valence-electron chi connectivity index (χ1n) is 4.30. The molecule has 0 saturated carbocycles. The Bertz CT molecular complexity index is 187. The number of carbonyl (C=O) groups excluding carboxylic acids is 1. The molecule has 1 aliphatic rings. The van der Waals surface area contributed by atoms with Crippen molar-refractivity contribution >= 4 is 5.91 Å². The van der Waals surface area contributed by atoms with Crippen LogP contribution in [-0.4, -0.2) is 43.0 Å². The number of carbonyl (C=O) groups is 1. The molecule has 3 nitrogen and oxygen atoms in total. The van der Waals surface area contributed by atoms with Gasteiger partial charge in [-0.15, -0.1) is 0 Å². The zero-order valence-electron chi connectivity index (χ0n) is 7.50. The number of halogens is 2. The summed E-state index contributed by atoms with van der Waals surface area (Å²) in [7, 11) is 0. The topological polar surface area (TPSA) is 29.5 Å². The number of ether oxygens (including phenoxy) is 1. The third-order valence-electron chi connectivity index (χ3n) is 1.95. The molecule has 0 aliphatic carbocycles. The predicted octanol–water partition coefficient (Wildman–Crippen LogP) is 0.889. The molecule has 5 heteroatoms. The predicted molar refractivity (Wildman–Crippen MR) is 42.6 cm³/mol. The van der Waals surface area contributed by atoms with E-state index in [2.05, 4.69) is 0 Å². The third-order valence-corrected chi connectivity index (χ3v) is 1.95. The Morgan fingerprint density at radius 3 is 2.92 bits per heavy atom. The minimum atomic E-state index is -2.90. The summed E-state index contributed by atoms with van der Waals surface area (Å²) in [4.78, 5) is 12.1. The van der Waals surface area contributed by atoms with Crippen molar-refractivity contribution < 1.29 is 18.3 Å². The van der Waals surface area contributed by atoms with Crippen molar-refractivity contribution in [2.24, 2.45) is 0 Å². The molecule has 13 heavy (non-hydrogen) atoms. The first-order valence-corrected chi connectivity index (χ1v) is 4.30. The second-order valence-electron chi connectivity index (χ2n) is 3.12. The van der Waals surface area contributed by atoms with E-state index in [1.165, 1.54) is 4.90 Å². The lowest BCUT2D eigenvalue weighted by atomic mass is 10.3. The van der Waals surface area contributed by atoms with Crippen molar-refractivity contribution in [3.8, 4) is 0 Å². The monoisotopic (exact) mass is 193 g/mol. The molecule has 1 amide bonds. The Hall–Kier alpha value is -0.710. The summed E-state index contributed by atoms with van der Waals surface area (Å²) in [6.07, 6.45) is -2.42. The number of amides is 1. The largest absolute Gasteiger partial charge is 0.377 e. The van der Waals surface area contributed by atoms with E-state index in [4.69, 9.17) is 4.74 Å². The van der Waals surface area contributed by atoms with E-state index in [0.717, 1.165) is 0 Å². The normalized spacial score (nSPS) is 24.6. The molecule has 1 fully saturated rings. The Morgan fingerprint density at radius 2 is 2.31 bits per heavy atom. The zero-order chi connectivity index (χ0) is 9.84. The molecule has 1 unspecified atom stereocenters. The van der Waals surface area contributed by atoms with Crippen LogP contribution in [0.3, 0.4) is 0 Å². The maximum atomic E-state index is 12.0. The van der Waals surface area contributed by atoms with Gasteiger partial charge in [0.2, 0.25) is 0 Å². The summed E-state index contributed by atoms with van der Waals surface area (Å²) in [5.41, 5.74) is 0. The minimum absolute atomic E-state index is 0.148. The molecule has 0 N–H and O–H groups in total. The van der Waals surface area contributed by atoms with E-state index in [9.17, 15) is 13.6 Å². The standard InChI is InChI=1S/C8H13F2NO2/c1-6-5-11(3-2-4-13-6)8(12)7(9)10/h6-7H,2-5H2,1H3. The van der Waals surface area contributed by atoms with E-state index in [-0.39, 0.29) is 12.6 Å². The molecule has 1 atom stereocenters. The summed E-state index contributed by atoms with van der Waals surface area (Å²) in [5, 5.41) is 0. The van der Waals surface area contributed by atoms with Gasteiger partial charge in [-0.25, -0.2) is 0 Å². The summed E-state index contributed by atoms with van der Waals surface area (Å²) in [6.45, 7) is 2.95. The quantitative estimate of drug-likeness (QED) is 0.619. The van der Waals surface area contributed by atoms with Gasteiger partial charge < -0.3 is 9.64 Å². The van der Waals surface area contributed by atoms with Crippen molar-refractivity contribution in [3.05, 3.63) is 0 Å². The highest BCUT2D eigenvalue weighted by Gasteiger charge is 2.25. The van der Waals surface area contributed by atoms with Crippen LogP contribution in [-0.2, 0) is 9.53 Å². The van der Waals surface area contributed by atoms with Crippen LogP contribution in [0.2, 0.25) is 0 Å². The third kappa shape index (κ3) is 2.91. The van der Waals surface area contributed by atoms with E-state index in [0.29, 0.717) is 19.6 Å². The van der Waals surface area contributed by atoms with Crippen LogP contribution in [0.25, 0.3) is 0 Å². The van der Waals surface area contributed by atoms with Gasteiger partial charge in [-0.1, -0.05) is 0 Å². The van der Waals surface area contributed by atoms with Crippen molar-refractivity contribution in [2.75, 3.05) is 19.7 Å². The lowest BCUT2D eigenvalue weighted by Gasteiger charge is -2.21. The zero-order valence-corrected chi connectivity index (χ0v) is 7.50. The fourth-order valence-corrected chi connectivity index (χ4v) is 1.33. The van der Waals surface area contributed by atoms with Gasteiger partial charge in [0.25, 0.3) is 5.91 Å². The highest BCUT2D eigenvalue weighted by molar-refractivity contribution is 5.79. The van der Waals surface area contributed by atoms with Gasteiger partial charge in [0.15, 0.2) is 0 Å². The molecule has 0 aromatic carbocycles. The summed E-state index contributed by atoms with van der Waals surface area (Å²) >= 11 is 0. The van der Waals surface area contributed by atoms with Crippen molar-refractivity contribution in [2.45, 2.75) is 25.9 Å². The second-order valence-corrected chi connectivity index (χ2v) is 3.12. The fraction of sp³-hybridized carbons (Fsp3) is 0.875. The maximum absolute atomic E-state index is 12.0. The first kappa shape index (κ1) is 10.4. The lowest BCUT2D eigenvalue weighted by molar-refractivity contribution is -0.143. The molecular formula is C8H13F2NO2. The van der Waals surface area contributed by atoms with E-state index < -0.39 is 12.3 Å². The van der Waals surface area contributed by atoms with Crippen molar-refractivity contribution in [1.29, 1.82) is 0 Å². The van der Waals surface area contributed by atoms with E-state index in [1.54, 1.807) is 6.92 Å². The Labute approximate surface area is 75.7 Å². The van der Waals surface area contributed by atoms with Crippen LogP contribution in [0.5, 0.6) is 0 Å². The van der Waals surface area contributed by atoms with Crippen molar-refractivity contribution in [1.82, 2.24) is 4.90 Å². The van der Waals surface area contributed by atoms with Gasteiger partial charge in [-0.05, 0) is 13.3 Å². The van der Waals surface area contributed by atoms with Gasteiger partial charge in [0.1, 0.15) is 0 Å². The van der Waals surface area contributed by atoms with E-state index >= 15 is 0 Å². The van der Waals surface area contributed by atoms with Crippen LogP contribution in [0.1, 0.15) is 13.3 Å². The molecule has 0 bridgehead atoms. The maximum Gasteiger partial charge on any atom is 0.315 e. The van der Waals surface area contributed by atoms with Crippen LogP contribution < -0.4 is 0 Å². The number of hydrogen-bond donors (Lipinski definition) is 0. The van der Waals surface area contributed by atoms with Crippen LogP contribution in [0, 0.1) is 0 Å². The van der Waals surface area contributed by atoms with E-state index in [1.807, 2.05) is 0 Å². The Balaban J connectivity index is 2.52. The molecule has 1 aliphatic heterocycles. The Kier molecular flexibility index (Phi) is 3.59. The number of rotatable bonds is 1. The Morgan fingerprint density at radius 1 is 1.62 bits per heavy atom. The van der Waals surface area contributed by atoms with Gasteiger partial charge in [-0.2, -0.15) is 8.78 Å². The van der Waals surface area contributed by atoms with Gasteiger partial charge >= 0.3 is 6.43 Å². The van der Waals surface area contributed by atoms with Gasteiger partial charge in [-0.3, -0.25) is 4.79 Å². The second kappa shape index (κ2) is 4.50. The number of nitrogens with zero attached hydrogens (tertiary/aromatic N) is 1. The molecule has 0 aromatic rings. The molecule has 0 spiro atoms. The smallest absolute Gasteiger partial charge is 0.315 e. The summed E-state index contributed by atoms with van der Waals surface area (Å²) < 4.78 is 29.3. The fourth-order valence-electron chi connectivity index (χ4n) is 1.33. The highest BCUT2D eigenvalue weighted by Crippen LogP contribution is 2.08. The number of hydrogen-bond acceptors (Lipinski definition) is 2. The summed E-state index contributed by atoms with van der Waals surface area (Å²) in [6, 6.07) is 0. The first-order chi connectivity index (χ1) is 6.11. The molecule has 1 rings (SSSR count). The molecule has 76 valence electrons. The summed E-state index contributed by atoms with van der Waals surface area (Å²) in [5.74, 6) is -1.09. The van der Waals surface area contributed by atoms with Crippen LogP contribution in [0.15, 0.2) is 0 Å². The molecular weight excluding hydrogens is 180 g/mol. The average molecular weight is 193 g/mol. The van der Waals surface area contributed by atoms with Crippen LogP contribution >= 0.6 is 0 Å². The SMILES string of the molecule is CC1CN(C(=O)C(F)F)CCCO1.